The average molecular weight is 758 g/mol. The van der Waals surface area contributed by atoms with Gasteiger partial charge in [0, 0.05) is 51.5 Å². The summed E-state index contributed by atoms with van der Waals surface area (Å²) in [7, 11) is 0. The van der Waals surface area contributed by atoms with Crippen LogP contribution in [-0.4, -0.2) is 87.6 Å². The Balaban J connectivity index is 0.00000137. The minimum atomic E-state index is -1.11. The van der Waals surface area contributed by atoms with E-state index in [2.05, 4.69) is 81.4 Å². The summed E-state index contributed by atoms with van der Waals surface area (Å²) in [4.78, 5) is 39.9. The van der Waals surface area contributed by atoms with E-state index in [1.165, 1.54) is 11.1 Å². The van der Waals surface area contributed by atoms with Crippen molar-refractivity contribution < 1.29 is 39.0 Å². The number of aliphatic hydroxyl groups is 2. The molecule has 1 amide bonds. The molecule has 0 spiro atoms. The number of nitrogens with one attached hydrogen (secondary N) is 3. The van der Waals surface area contributed by atoms with Gasteiger partial charge in [0.1, 0.15) is 12.2 Å². The number of anilines is 2. The fraction of sp³-hybridized carbons (Fsp3) is 0.405. The zero-order valence-corrected chi connectivity index (χ0v) is 30.4. The molecule has 1 aliphatic rings. The van der Waals surface area contributed by atoms with Gasteiger partial charge in [-0.2, -0.15) is 9.97 Å². The van der Waals surface area contributed by atoms with Crippen molar-refractivity contribution in [2.75, 3.05) is 23.7 Å². The highest BCUT2D eigenvalue weighted by molar-refractivity contribution is 5.84. The number of hydrogen-bond donors (Lipinski definition) is 6. The molecule has 4 atom stereocenters. The standard InChI is InChI=1S/C35H43N9O3.C2H4O2.3FH/c1-3-29(45)40-27-19-28(32(47)31(27)46)44-22-39-30-33(41-35(42-34(30)44)37-17-15-25-20-43(4-2)21-38-25)36-18-16-26(23-11-7-5-8-12-23)24-13-9-6-10-14-24;1-2(3)4;;;/h5-14,20-22,26-28,31-32,46-47H,3-4,15-19H2,1-2H3,(H,40,45)(H2,36,37,41,42);1H3,(H,3,4);3*1H/t27-,28+,31+,32-;;;;/m0..../s1. The third-order valence-corrected chi connectivity index (χ3v) is 8.94. The number of hydrogen-bond acceptors (Lipinski definition) is 10. The first-order chi connectivity index (χ1) is 24.7. The molecule has 3 aromatic heterocycles. The van der Waals surface area contributed by atoms with Gasteiger partial charge in [-0.05, 0) is 30.9 Å². The number of aryl methyl sites for hydroxylation is 1. The van der Waals surface area contributed by atoms with Crippen LogP contribution in [0.25, 0.3) is 11.2 Å². The van der Waals surface area contributed by atoms with E-state index >= 15 is 0 Å². The van der Waals surface area contributed by atoms with Crippen molar-refractivity contribution in [3.63, 3.8) is 0 Å². The quantitative estimate of drug-likeness (QED) is 0.0939. The van der Waals surface area contributed by atoms with Gasteiger partial charge in [-0.15, -0.1) is 0 Å². The molecule has 14 nitrogen and oxygen atoms in total. The lowest BCUT2D eigenvalue weighted by Gasteiger charge is -2.19. The van der Waals surface area contributed by atoms with Crippen molar-refractivity contribution in [3.8, 4) is 0 Å². The fourth-order valence-corrected chi connectivity index (χ4v) is 6.34. The zero-order chi connectivity index (χ0) is 36.3. The minimum Gasteiger partial charge on any atom is -0.481 e. The Kier molecular flexibility index (Phi) is 17.5. The maximum absolute atomic E-state index is 12.1. The number of carboxylic acids is 1. The third-order valence-electron chi connectivity index (χ3n) is 8.94. The van der Waals surface area contributed by atoms with Gasteiger partial charge in [-0.1, -0.05) is 67.6 Å². The number of carbonyl (C=O) groups excluding carboxylic acids is 1. The molecule has 6 rings (SSSR count). The summed E-state index contributed by atoms with van der Waals surface area (Å²) < 4.78 is 3.83. The molecular weight excluding hydrogens is 707 g/mol. The smallest absolute Gasteiger partial charge is 0.300 e. The van der Waals surface area contributed by atoms with Crippen LogP contribution >= 0.6 is 0 Å². The van der Waals surface area contributed by atoms with Crippen LogP contribution in [0.3, 0.4) is 0 Å². The minimum absolute atomic E-state index is 0. The van der Waals surface area contributed by atoms with Gasteiger partial charge in [-0.25, -0.2) is 9.97 Å². The molecule has 0 saturated heterocycles. The number of aliphatic hydroxyl groups excluding tert-OH is 2. The molecule has 54 heavy (non-hydrogen) atoms. The van der Waals surface area contributed by atoms with Crippen molar-refractivity contribution >= 4 is 34.8 Å². The van der Waals surface area contributed by atoms with E-state index < -0.39 is 30.3 Å². The SMILES string of the molecule is CC(=O)O.CCC(=O)N[C@H]1C[C@@H](n2cnc3c(NCCC(c4ccccc4)c4ccccc4)nc(NCCc4cn(CC)cn4)nc32)[C@H](O)[C@@H]1O.F.F.F. The largest absolute Gasteiger partial charge is 0.481 e. The van der Waals surface area contributed by atoms with Gasteiger partial charge >= 0.3 is 0 Å². The van der Waals surface area contributed by atoms with Gasteiger partial charge in [0.15, 0.2) is 17.0 Å². The Morgan fingerprint density at radius 3 is 2.07 bits per heavy atom. The highest BCUT2D eigenvalue weighted by Crippen LogP contribution is 2.35. The lowest BCUT2D eigenvalue weighted by atomic mass is 9.88. The average Bonchev–Trinajstić information content (AvgIpc) is 3.85. The Morgan fingerprint density at radius 2 is 1.50 bits per heavy atom. The second-order valence-electron chi connectivity index (χ2n) is 12.5. The molecule has 17 heteroatoms. The lowest BCUT2D eigenvalue weighted by molar-refractivity contribution is -0.134. The maximum atomic E-state index is 12.1. The molecule has 6 N–H and O–H groups in total. The number of carbonyl (C=O) groups is 2. The molecular formula is C37H50F3N9O5. The first-order valence-corrected chi connectivity index (χ1v) is 17.4. The second kappa shape index (κ2) is 21.2. The number of amides is 1. The number of fused-ring (bicyclic) bond motifs is 1. The van der Waals surface area contributed by atoms with E-state index in [4.69, 9.17) is 19.9 Å². The molecule has 0 unspecified atom stereocenters. The number of aliphatic carboxylic acids is 1. The van der Waals surface area contributed by atoms with Gasteiger partial charge < -0.3 is 40.4 Å². The van der Waals surface area contributed by atoms with E-state index in [0.29, 0.717) is 55.3 Å². The summed E-state index contributed by atoms with van der Waals surface area (Å²) in [6, 6.07) is 19.8. The van der Waals surface area contributed by atoms with E-state index in [1.54, 1.807) is 17.8 Å². The number of imidazole rings is 2. The lowest BCUT2D eigenvalue weighted by Crippen LogP contribution is -2.42. The van der Waals surface area contributed by atoms with E-state index in [1.807, 2.05) is 29.2 Å². The van der Waals surface area contributed by atoms with E-state index in [0.717, 1.165) is 25.6 Å². The Hall–Kier alpha value is -5.55. The van der Waals surface area contributed by atoms with Crippen LogP contribution in [0.4, 0.5) is 25.9 Å². The van der Waals surface area contributed by atoms with Crippen molar-refractivity contribution in [2.24, 2.45) is 0 Å². The van der Waals surface area contributed by atoms with Crippen LogP contribution in [0.15, 0.2) is 79.5 Å². The number of halogens is 3. The normalized spacial score (nSPS) is 17.3. The molecule has 0 bridgehead atoms. The Morgan fingerprint density at radius 1 is 0.870 bits per heavy atom. The van der Waals surface area contributed by atoms with Gasteiger partial charge in [0.2, 0.25) is 11.9 Å². The summed E-state index contributed by atoms with van der Waals surface area (Å²) in [6.45, 7) is 6.97. The summed E-state index contributed by atoms with van der Waals surface area (Å²) in [6.07, 6.45) is 5.41. The van der Waals surface area contributed by atoms with Crippen LogP contribution in [0.1, 0.15) is 68.8 Å². The van der Waals surface area contributed by atoms with Gasteiger partial charge in [-0.3, -0.25) is 23.7 Å². The highest BCUT2D eigenvalue weighted by Gasteiger charge is 2.43. The summed E-state index contributed by atoms with van der Waals surface area (Å²) in [5, 5.41) is 39.0. The third kappa shape index (κ3) is 11.2. The summed E-state index contributed by atoms with van der Waals surface area (Å²) in [5.41, 5.74) is 4.55. The van der Waals surface area contributed by atoms with Crippen LogP contribution in [0, 0.1) is 0 Å². The number of rotatable bonds is 14. The topological polar surface area (TPSA) is 192 Å². The van der Waals surface area contributed by atoms with Crippen molar-refractivity contribution in [1.29, 1.82) is 0 Å². The van der Waals surface area contributed by atoms with Crippen LogP contribution in [-0.2, 0) is 22.6 Å². The summed E-state index contributed by atoms with van der Waals surface area (Å²) in [5.74, 6) is 0.176. The van der Waals surface area contributed by atoms with E-state index in [9.17, 15) is 15.0 Å². The molecule has 3 heterocycles. The van der Waals surface area contributed by atoms with Crippen molar-refractivity contribution in [1.82, 2.24) is 34.4 Å². The fourth-order valence-electron chi connectivity index (χ4n) is 6.34. The maximum Gasteiger partial charge on any atom is 0.300 e. The number of nitrogens with zero attached hydrogens (tertiary/aromatic N) is 6. The molecule has 0 radical (unpaired) electrons. The molecule has 2 aromatic carbocycles. The first-order valence-electron chi connectivity index (χ1n) is 17.4. The Labute approximate surface area is 311 Å². The monoisotopic (exact) mass is 757 g/mol. The van der Waals surface area contributed by atoms with Crippen LogP contribution in [0.2, 0.25) is 0 Å². The number of benzene rings is 2. The summed E-state index contributed by atoms with van der Waals surface area (Å²) >= 11 is 0. The van der Waals surface area contributed by atoms with Crippen LogP contribution in [0.5, 0.6) is 0 Å². The second-order valence-corrected chi connectivity index (χ2v) is 12.5. The molecule has 0 aliphatic heterocycles. The predicted octanol–water partition coefficient (Wildman–Crippen LogP) is 4.44. The molecule has 1 fully saturated rings. The zero-order valence-electron chi connectivity index (χ0n) is 30.4. The Bertz CT molecular complexity index is 1840. The van der Waals surface area contributed by atoms with Gasteiger partial charge in [0.05, 0.1) is 30.4 Å². The first kappa shape index (κ1) is 44.6. The molecule has 294 valence electrons. The number of carboxylic acid groups (broad SMARTS) is 1. The van der Waals surface area contributed by atoms with Gasteiger partial charge in [0.25, 0.3) is 5.97 Å². The van der Waals surface area contributed by atoms with Crippen molar-refractivity contribution in [3.05, 3.63) is 96.3 Å². The van der Waals surface area contributed by atoms with Crippen molar-refractivity contribution in [2.45, 2.75) is 83.2 Å². The van der Waals surface area contributed by atoms with Crippen LogP contribution < -0.4 is 16.0 Å². The van der Waals surface area contributed by atoms with E-state index in [-0.39, 0.29) is 25.9 Å². The molecule has 5 aromatic rings. The highest BCUT2D eigenvalue weighted by atomic mass is 19.0. The molecule has 1 saturated carbocycles. The predicted molar refractivity (Wildman–Crippen MR) is 202 cm³/mol. The molecule has 1 aliphatic carbocycles. The number of aromatic nitrogens is 6.